The summed E-state index contributed by atoms with van der Waals surface area (Å²) in [6.45, 7) is 8.80. The standard InChI is InChI=1S/C68H74N2O16/c1-3-9-55-47-67-65(45-53(55)7-1)83-39-31-75-21-19-71-27-35-79-61-17-15-51(43-63(61)81-37-29-73-23-25-77-33-41-85-67)49-69-59-13-5-12-58-57(59)11-6-14-60(58)70-50-52-16-18-62-64(44-52)82-38-30-74-24-26-78-34-42-86-68-48-56-10-4-2-8-54(56)46-66(68)84-40-32-76-22-20-72-28-36-80-62/h1-18,43-50H,19-42H2. The molecule has 0 radical (unpaired) electrons. The van der Waals surface area contributed by atoms with Gasteiger partial charge in [-0.3, -0.25) is 9.98 Å². The van der Waals surface area contributed by atoms with Gasteiger partial charge in [-0.25, -0.2) is 0 Å². The van der Waals surface area contributed by atoms with Gasteiger partial charge in [0, 0.05) is 23.2 Å². The van der Waals surface area contributed by atoms with Crippen LogP contribution in [0.5, 0.6) is 46.0 Å². The molecule has 0 spiro atoms. The fourth-order valence-corrected chi connectivity index (χ4v) is 9.28. The summed E-state index contributed by atoms with van der Waals surface area (Å²) >= 11 is 0. The maximum Gasteiger partial charge on any atom is 0.161 e. The summed E-state index contributed by atoms with van der Waals surface area (Å²) in [7, 11) is 0. The van der Waals surface area contributed by atoms with E-state index >= 15 is 0 Å². The van der Waals surface area contributed by atoms with Crippen molar-refractivity contribution in [2.24, 2.45) is 9.98 Å². The molecule has 86 heavy (non-hydrogen) atoms. The monoisotopic (exact) mass is 1170 g/mol. The molecule has 0 N–H and O–H groups in total. The van der Waals surface area contributed by atoms with Crippen molar-refractivity contribution in [1.29, 1.82) is 0 Å². The molecule has 0 saturated carbocycles. The predicted octanol–water partition coefficient (Wildman–Crippen LogP) is 11.2. The Kier molecular flexibility index (Phi) is 24.3. The SMILES string of the molecule is C(=Nc1cccc2c(N=Cc3ccc4c(c3)OCCOCCOCCOc3cc5ccccc5cc3OCCOCCOCCO4)cccc12)c1ccc2c(c1)OCCOCCOCCOc1cc3ccccc3cc1OCCOCCOCCO2. The van der Waals surface area contributed by atoms with Crippen LogP contribution in [0.3, 0.4) is 0 Å². The van der Waals surface area contributed by atoms with Crippen LogP contribution < -0.4 is 37.9 Å². The minimum Gasteiger partial charge on any atom is -0.487 e. The number of hydrogen-bond acceptors (Lipinski definition) is 18. The van der Waals surface area contributed by atoms with Gasteiger partial charge in [0.1, 0.15) is 52.9 Å². The number of nitrogens with zero attached hydrogens (tertiary/aromatic N) is 2. The Morgan fingerprint density at radius 1 is 0.221 bits per heavy atom. The molecule has 2 aliphatic heterocycles. The Balaban J connectivity index is 0.733. The third-order valence-corrected chi connectivity index (χ3v) is 13.5. The molecule has 0 aliphatic carbocycles. The van der Waals surface area contributed by atoms with Crippen molar-refractivity contribution in [2.45, 2.75) is 0 Å². The summed E-state index contributed by atoms with van der Waals surface area (Å²) in [5, 5.41) is 6.12. The lowest BCUT2D eigenvalue weighted by atomic mass is 10.1. The first kappa shape index (κ1) is 61.1. The van der Waals surface area contributed by atoms with Crippen LogP contribution in [0, 0.1) is 0 Å². The van der Waals surface area contributed by atoms with Crippen molar-refractivity contribution >= 4 is 56.1 Å². The number of aliphatic imine (C=N–C) groups is 2. The van der Waals surface area contributed by atoms with E-state index in [1.165, 1.54) is 0 Å². The van der Waals surface area contributed by atoms with Crippen LogP contribution in [0.15, 0.2) is 156 Å². The molecular weight excluding hydrogens is 1100 g/mol. The highest BCUT2D eigenvalue weighted by atomic mass is 16.6. The first-order valence-corrected chi connectivity index (χ1v) is 29.3. The molecule has 0 unspecified atom stereocenters. The summed E-state index contributed by atoms with van der Waals surface area (Å²) in [5.41, 5.74) is 3.19. The Bertz CT molecular complexity index is 3210. The van der Waals surface area contributed by atoms with E-state index in [9.17, 15) is 0 Å². The van der Waals surface area contributed by atoms with Crippen LogP contribution in [-0.4, -0.2) is 171 Å². The minimum absolute atomic E-state index is 0.290. The molecule has 0 fully saturated rings. The second-order valence-electron chi connectivity index (χ2n) is 19.6. The van der Waals surface area contributed by atoms with E-state index in [-0.39, 0.29) is 0 Å². The summed E-state index contributed by atoms with van der Waals surface area (Å²) in [5.74, 6) is 4.88. The Morgan fingerprint density at radius 3 is 0.744 bits per heavy atom. The number of hydrogen-bond donors (Lipinski definition) is 0. The van der Waals surface area contributed by atoms with Crippen molar-refractivity contribution in [3.05, 3.63) is 157 Å². The smallest absolute Gasteiger partial charge is 0.161 e. The van der Waals surface area contributed by atoms with Gasteiger partial charge in [0.05, 0.1) is 117 Å². The van der Waals surface area contributed by atoms with E-state index in [2.05, 4.69) is 0 Å². The lowest BCUT2D eigenvalue weighted by Crippen LogP contribution is -2.15. The fraction of sp³-hybridized carbons (Fsp3) is 0.353. The second-order valence-corrected chi connectivity index (χ2v) is 19.6. The molecule has 10 rings (SSSR count). The molecule has 18 nitrogen and oxygen atoms in total. The molecule has 452 valence electrons. The maximum absolute atomic E-state index is 6.25. The lowest BCUT2D eigenvalue weighted by molar-refractivity contribution is 0.0223. The normalized spacial score (nSPS) is 17.2. The van der Waals surface area contributed by atoms with Crippen molar-refractivity contribution in [3.63, 3.8) is 0 Å². The fourth-order valence-electron chi connectivity index (χ4n) is 9.28. The van der Waals surface area contributed by atoms with Gasteiger partial charge in [-0.15, -0.1) is 0 Å². The Morgan fingerprint density at radius 2 is 0.465 bits per heavy atom. The zero-order valence-electron chi connectivity index (χ0n) is 48.4. The predicted molar refractivity (Wildman–Crippen MR) is 330 cm³/mol. The summed E-state index contributed by atoms with van der Waals surface area (Å²) < 4.78 is 95.9. The first-order valence-electron chi connectivity index (χ1n) is 29.3. The molecule has 8 aromatic rings. The molecule has 0 aromatic heterocycles. The third kappa shape index (κ3) is 19.0. The summed E-state index contributed by atoms with van der Waals surface area (Å²) in [6.07, 6.45) is 3.63. The number of benzene rings is 8. The molecule has 0 bridgehead atoms. The molecule has 18 heteroatoms. The number of rotatable bonds is 4. The van der Waals surface area contributed by atoms with E-state index in [0.717, 1.165) is 54.8 Å². The third-order valence-electron chi connectivity index (χ3n) is 13.5. The van der Waals surface area contributed by atoms with Crippen molar-refractivity contribution in [2.75, 3.05) is 159 Å². The molecular formula is C68H74N2O16. The maximum atomic E-state index is 6.25. The van der Waals surface area contributed by atoms with E-state index in [1.54, 1.807) is 0 Å². The van der Waals surface area contributed by atoms with Gasteiger partial charge in [0.2, 0.25) is 0 Å². The van der Waals surface area contributed by atoms with Crippen molar-refractivity contribution < 1.29 is 75.8 Å². The highest BCUT2D eigenvalue weighted by molar-refractivity contribution is 6.02. The molecule has 0 saturated heterocycles. The summed E-state index contributed by atoms with van der Waals surface area (Å²) in [4.78, 5) is 9.92. The molecule has 8 aromatic carbocycles. The largest absolute Gasteiger partial charge is 0.487 e. The number of ether oxygens (including phenoxy) is 16. The zero-order valence-corrected chi connectivity index (χ0v) is 48.4. The average molecular weight is 1180 g/mol. The topological polar surface area (TPSA) is 172 Å². The van der Waals surface area contributed by atoms with Gasteiger partial charge < -0.3 is 75.8 Å². The van der Waals surface area contributed by atoms with Crippen LogP contribution in [0.2, 0.25) is 0 Å². The van der Waals surface area contributed by atoms with Crippen molar-refractivity contribution in [3.8, 4) is 46.0 Å². The van der Waals surface area contributed by atoms with Crippen LogP contribution in [-0.2, 0) is 37.9 Å². The van der Waals surface area contributed by atoms with E-state index in [0.29, 0.717) is 205 Å². The van der Waals surface area contributed by atoms with Gasteiger partial charge >= 0.3 is 0 Å². The Hall–Kier alpha value is -8.04. The minimum atomic E-state index is 0.290. The van der Waals surface area contributed by atoms with Gasteiger partial charge in [0.15, 0.2) is 46.0 Å². The molecule has 0 atom stereocenters. The summed E-state index contributed by atoms with van der Waals surface area (Å²) in [6, 6.07) is 47.6. The Labute approximate surface area is 501 Å². The molecule has 0 amide bonds. The van der Waals surface area contributed by atoms with E-state index < -0.39 is 0 Å². The van der Waals surface area contributed by atoms with Crippen LogP contribution in [0.4, 0.5) is 11.4 Å². The molecule has 2 aliphatic rings. The zero-order chi connectivity index (χ0) is 58.5. The number of fused-ring (bicyclic) bond motifs is 7. The highest BCUT2D eigenvalue weighted by Gasteiger charge is 2.14. The van der Waals surface area contributed by atoms with Crippen LogP contribution >= 0.6 is 0 Å². The second kappa shape index (κ2) is 34.2. The van der Waals surface area contributed by atoms with Crippen molar-refractivity contribution in [1.82, 2.24) is 0 Å². The van der Waals surface area contributed by atoms with Crippen LogP contribution in [0.25, 0.3) is 32.3 Å². The van der Waals surface area contributed by atoms with Gasteiger partial charge in [-0.2, -0.15) is 0 Å². The van der Waals surface area contributed by atoms with Gasteiger partial charge in [0.25, 0.3) is 0 Å². The van der Waals surface area contributed by atoms with Gasteiger partial charge in [-0.1, -0.05) is 72.8 Å². The van der Waals surface area contributed by atoms with Gasteiger partial charge in [-0.05, 0) is 105 Å². The lowest BCUT2D eigenvalue weighted by Gasteiger charge is -2.15. The first-order chi connectivity index (χ1) is 42.7. The van der Waals surface area contributed by atoms with Crippen LogP contribution in [0.1, 0.15) is 11.1 Å². The average Bonchev–Trinajstić information content (AvgIpc) is 2.89. The van der Waals surface area contributed by atoms with E-state index in [1.807, 2.05) is 158 Å². The molecule has 2 heterocycles. The quantitative estimate of drug-likeness (QED) is 0.152. The van der Waals surface area contributed by atoms with E-state index in [4.69, 9.17) is 85.8 Å². The highest BCUT2D eigenvalue weighted by Crippen LogP contribution is 2.36.